The molecule has 4 nitrogen and oxygen atoms in total. The fourth-order valence-corrected chi connectivity index (χ4v) is 2.40. The van der Waals surface area contributed by atoms with Crippen LogP contribution >= 0.6 is 0 Å². The monoisotopic (exact) mass is 285 g/mol. The van der Waals surface area contributed by atoms with Crippen molar-refractivity contribution in [1.29, 1.82) is 0 Å². The van der Waals surface area contributed by atoms with E-state index in [0.29, 0.717) is 11.4 Å². The van der Waals surface area contributed by atoms with Gasteiger partial charge in [0.15, 0.2) is 0 Å². The molecule has 1 aliphatic rings. The molecule has 0 atom stereocenters. The maximum Gasteiger partial charge on any atom is 0.274 e. The first-order chi connectivity index (χ1) is 10.2. The number of hydrogen-bond donors (Lipinski definition) is 1. The van der Waals surface area contributed by atoms with Crippen molar-refractivity contribution in [3.63, 3.8) is 0 Å². The Kier molecular flexibility index (Phi) is 3.81. The summed E-state index contributed by atoms with van der Waals surface area (Å²) in [6, 6.07) is 11.1. The number of pyridine rings is 1. The molecule has 1 aromatic heterocycles. The van der Waals surface area contributed by atoms with Crippen molar-refractivity contribution >= 4 is 17.4 Å². The average Bonchev–Trinajstić information content (AvgIpc) is 3.04. The molecule has 0 radical (unpaired) electrons. The van der Waals surface area contributed by atoms with Crippen LogP contribution in [0.1, 0.15) is 23.3 Å². The zero-order valence-electron chi connectivity index (χ0n) is 11.6. The van der Waals surface area contributed by atoms with Crippen molar-refractivity contribution in [1.82, 2.24) is 4.98 Å². The predicted octanol–water partition coefficient (Wildman–Crippen LogP) is 3.07. The van der Waals surface area contributed by atoms with Gasteiger partial charge in [-0.2, -0.15) is 0 Å². The molecule has 1 amide bonds. The van der Waals surface area contributed by atoms with E-state index in [1.165, 1.54) is 24.3 Å². The van der Waals surface area contributed by atoms with Gasteiger partial charge in [0.25, 0.3) is 5.91 Å². The Morgan fingerprint density at radius 2 is 1.81 bits per heavy atom. The summed E-state index contributed by atoms with van der Waals surface area (Å²) in [7, 11) is 0. The van der Waals surface area contributed by atoms with Crippen molar-refractivity contribution in [3.05, 3.63) is 54.0 Å². The van der Waals surface area contributed by atoms with Crippen LogP contribution in [0.2, 0.25) is 0 Å². The van der Waals surface area contributed by atoms with Crippen LogP contribution < -0.4 is 10.2 Å². The number of aromatic nitrogens is 1. The molecule has 5 heteroatoms. The lowest BCUT2D eigenvalue weighted by atomic mass is 10.3. The Balaban J connectivity index is 1.74. The Hall–Kier alpha value is -2.43. The third-order valence-electron chi connectivity index (χ3n) is 3.50. The van der Waals surface area contributed by atoms with Crippen LogP contribution in [-0.2, 0) is 0 Å². The summed E-state index contributed by atoms with van der Waals surface area (Å²) in [5.74, 6) is 0.212. The van der Waals surface area contributed by atoms with Gasteiger partial charge in [-0.15, -0.1) is 0 Å². The second kappa shape index (κ2) is 5.91. The summed E-state index contributed by atoms with van der Waals surface area (Å²) in [4.78, 5) is 18.8. The third kappa shape index (κ3) is 3.18. The van der Waals surface area contributed by atoms with Crippen molar-refractivity contribution in [2.45, 2.75) is 12.8 Å². The molecule has 1 aromatic carbocycles. The Morgan fingerprint density at radius 3 is 2.52 bits per heavy atom. The summed E-state index contributed by atoms with van der Waals surface area (Å²) >= 11 is 0. The molecule has 2 aromatic rings. The topological polar surface area (TPSA) is 45.2 Å². The van der Waals surface area contributed by atoms with Crippen LogP contribution in [-0.4, -0.2) is 24.0 Å². The largest absolute Gasteiger partial charge is 0.357 e. The van der Waals surface area contributed by atoms with Gasteiger partial charge in [0.2, 0.25) is 0 Å². The molecule has 2 heterocycles. The summed E-state index contributed by atoms with van der Waals surface area (Å²) in [5.41, 5.74) is 0.915. The molecule has 1 fully saturated rings. The van der Waals surface area contributed by atoms with E-state index in [1.54, 1.807) is 6.07 Å². The zero-order chi connectivity index (χ0) is 14.7. The molecule has 21 heavy (non-hydrogen) atoms. The van der Waals surface area contributed by atoms with Crippen LogP contribution in [0.15, 0.2) is 42.5 Å². The van der Waals surface area contributed by atoms with Crippen molar-refractivity contribution in [2.75, 3.05) is 23.3 Å². The second-order valence-corrected chi connectivity index (χ2v) is 5.04. The molecule has 0 saturated carbocycles. The summed E-state index contributed by atoms with van der Waals surface area (Å²) < 4.78 is 12.8. The third-order valence-corrected chi connectivity index (χ3v) is 3.50. The van der Waals surface area contributed by atoms with Gasteiger partial charge in [0.1, 0.15) is 17.3 Å². The fourth-order valence-electron chi connectivity index (χ4n) is 2.40. The number of anilines is 2. The molecule has 0 spiro atoms. The highest BCUT2D eigenvalue weighted by Gasteiger charge is 2.15. The Bertz CT molecular complexity index is 636. The highest BCUT2D eigenvalue weighted by molar-refractivity contribution is 6.03. The number of nitrogens with one attached hydrogen (secondary N) is 1. The van der Waals surface area contributed by atoms with E-state index in [2.05, 4.69) is 15.2 Å². The van der Waals surface area contributed by atoms with E-state index in [4.69, 9.17) is 0 Å². The second-order valence-electron chi connectivity index (χ2n) is 5.04. The van der Waals surface area contributed by atoms with Crippen LogP contribution in [0.5, 0.6) is 0 Å². The fraction of sp³-hybridized carbons (Fsp3) is 0.250. The molecule has 1 N–H and O–H groups in total. The van der Waals surface area contributed by atoms with Crippen LogP contribution in [0.4, 0.5) is 15.9 Å². The average molecular weight is 285 g/mol. The number of benzene rings is 1. The van der Waals surface area contributed by atoms with Crippen molar-refractivity contribution in [2.24, 2.45) is 0 Å². The van der Waals surface area contributed by atoms with E-state index < -0.39 is 0 Å². The van der Waals surface area contributed by atoms with Gasteiger partial charge in [-0.1, -0.05) is 6.07 Å². The molecular weight excluding hydrogens is 269 g/mol. The smallest absolute Gasteiger partial charge is 0.274 e. The predicted molar refractivity (Wildman–Crippen MR) is 80.0 cm³/mol. The van der Waals surface area contributed by atoms with Gasteiger partial charge in [-0.05, 0) is 49.2 Å². The van der Waals surface area contributed by atoms with Gasteiger partial charge in [0.05, 0.1) is 0 Å². The Labute approximate surface area is 122 Å². The summed E-state index contributed by atoms with van der Waals surface area (Å²) in [5, 5.41) is 2.72. The quantitative estimate of drug-likeness (QED) is 0.942. The van der Waals surface area contributed by atoms with Crippen LogP contribution in [0.25, 0.3) is 0 Å². The first-order valence-electron chi connectivity index (χ1n) is 7.01. The van der Waals surface area contributed by atoms with Gasteiger partial charge >= 0.3 is 0 Å². The molecule has 0 bridgehead atoms. The van der Waals surface area contributed by atoms with Gasteiger partial charge in [0, 0.05) is 18.8 Å². The highest BCUT2D eigenvalue weighted by Crippen LogP contribution is 2.18. The van der Waals surface area contributed by atoms with Crippen LogP contribution in [0, 0.1) is 5.82 Å². The number of carbonyl (C=O) groups excluding carboxylic acids is 1. The minimum atomic E-state index is -0.331. The lowest BCUT2D eigenvalue weighted by Gasteiger charge is -2.16. The van der Waals surface area contributed by atoms with E-state index in [9.17, 15) is 9.18 Å². The SMILES string of the molecule is O=C(Nc1ccc(F)cc1)c1cccc(N2CCCC2)n1. The number of rotatable bonds is 3. The molecule has 0 unspecified atom stereocenters. The highest BCUT2D eigenvalue weighted by atomic mass is 19.1. The molecule has 0 aliphatic carbocycles. The van der Waals surface area contributed by atoms with E-state index >= 15 is 0 Å². The lowest BCUT2D eigenvalue weighted by Crippen LogP contribution is -2.21. The minimum absolute atomic E-state index is 0.289. The first-order valence-corrected chi connectivity index (χ1v) is 7.01. The maximum absolute atomic E-state index is 12.8. The van der Waals surface area contributed by atoms with E-state index in [0.717, 1.165) is 31.7 Å². The number of carbonyl (C=O) groups is 1. The summed E-state index contributed by atoms with van der Waals surface area (Å²) in [6.45, 7) is 1.96. The van der Waals surface area contributed by atoms with E-state index in [1.807, 2.05) is 12.1 Å². The maximum atomic E-state index is 12.8. The molecule has 1 saturated heterocycles. The normalized spacial score (nSPS) is 14.2. The van der Waals surface area contributed by atoms with E-state index in [-0.39, 0.29) is 11.7 Å². The molecule has 1 aliphatic heterocycles. The minimum Gasteiger partial charge on any atom is -0.357 e. The van der Waals surface area contributed by atoms with Gasteiger partial charge in [-0.3, -0.25) is 4.79 Å². The molecular formula is C16H16FN3O. The number of nitrogens with zero attached hydrogens (tertiary/aromatic N) is 2. The first kappa shape index (κ1) is 13.5. The van der Waals surface area contributed by atoms with Crippen molar-refractivity contribution in [3.8, 4) is 0 Å². The number of amides is 1. The number of hydrogen-bond acceptors (Lipinski definition) is 3. The lowest BCUT2D eigenvalue weighted by molar-refractivity contribution is 0.102. The van der Waals surface area contributed by atoms with Gasteiger partial charge in [-0.25, -0.2) is 9.37 Å². The summed E-state index contributed by atoms with van der Waals surface area (Å²) in [6.07, 6.45) is 2.32. The van der Waals surface area contributed by atoms with Crippen LogP contribution in [0.3, 0.4) is 0 Å². The van der Waals surface area contributed by atoms with Crippen molar-refractivity contribution < 1.29 is 9.18 Å². The number of halogens is 1. The Morgan fingerprint density at radius 1 is 1.10 bits per heavy atom. The molecule has 3 rings (SSSR count). The standard InChI is InChI=1S/C16H16FN3O/c17-12-6-8-13(9-7-12)18-16(21)14-4-3-5-15(19-14)20-10-1-2-11-20/h3-9H,1-2,10-11H2,(H,18,21). The van der Waals surface area contributed by atoms with Gasteiger partial charge < -0.3 is 10.2 Å². The zero-order valence-corrected chi connectivity index (χ0v) is 11.6. The molecule has 108 valence electrons.